The lowest BCUT2D eigenvalue weighted by Gasteiger charge is -2.43. The minimum absolute atomic E-state index is 0.0358. The summed E-state index contributed by atoms with van der Waals surface area (Å²) < 4.78 is 30.0. The van der Waals surface area contributed by atoms with Crippen molar-refractivity contribution in [2.24, 2.45) is 5.92 Å². The molecule has 4 nitrogen and oxygen atoms in total. The van der Waals surface area contributed by atoms with Crippen molar-refractivity contribution in [2.45, 2.75) is 50.5 Å². The number of carbonyl (C=O) groups is 1. The van der Waals surface area contributed by atoms with Crippen molar-refractivity contribution in [1.82, 2.24) is 4.31 Å². The van der Waals surface area contributed by atoms with Crippen LogP contribution in [-0.4, -0.2) is 29.6 Å². The summed E-state index contributed by atoms with van der Waals surface area (Å²) in [6.07, 6.45) is 5.76. The summed E-state index contributed by atoms with van der Waals surface area (Å²) in [4.78, 5) is 13.9. The van der Waals surface area contributed by atoms with Crippen molar-refractivity contribution in [1.29, 1.82) is 0 Å². The zero-order valence-electron chi connectivity index (χ0n) is 19.8. The summed E-state index contributed by atoms with van der Waals surface area (Å²) in [6.45, 7) is 5.85. The summed E-state index contributed by atoms with van der Waals surface area (Å²) in [7, 11) is -3.89. The number of halogens is 1. The van der Waals surface area contributed by atoms with E-state index in [1.807, 2.05) is 63.2 Å². The van der Waals surface area contributed by atoms with Gasteiger partial charge in [0.05, 0.1) is 4.90 Å². The van der Waals surface area contributed by atoms with Gasteiger partial charge in [-0.05, 0) is 69.2 Å². The summed E-state index contributed by atoms with van der Waals surface area (Å²) in [5, 5.41) is 0.942. The van der Waals surface area contributed by atoms with Gasteiger partial charge in [-0.2, -0.15) is 0 Å². The molecule has 0 bridgehead atoms. The van der Waals surface area contributed by atoms with E-state index in [9.17, 15) is 13.2 Å². The smallest absolute Gasteiger partial charge is 0.265 e. The van der Waals surface area contributed by atoms with Gasteiger partial charge in [0.1, 0.15) is 5.54 Å². The molecule has 0 radical (unpaired) electrons. The molecule has 34 heavy (non-hydrogen) atoms. The topological polar surface area (TPSA) is 54.5 Å². The second-order valence-corrected chi connectivity index (χ2v) is 12.7. The van der Waals surface area contributed by atoms with E-state index in [0.717, 1.165) is 45.5 Å². The monoisotopic (exact) mass is 559 g/mol. The highest BCUT2D eigenvalue weighted by Crippen LogP contribution is 2.58. The molecule has 0 unspecified atom stereocenters. The fraction of sp³-hybridized carbons (Fsp3) is 0.370. The average molecular weight is 561 g/mol. The lowest BCUT2D eigenvalue weighted by molar-refractivity contribution is -0.116. The molecule has 1 aliphatic heterocycles. The zero-order chi connectivity index (χ0) is 24.5. The summed E-state index contributed by atoms with van der Waals surface area (Å²) in [6, 6.07) is 15.0. The van der Waals surface area contributed by atoms with Crippen LogP contribution in [0.15, 0.2) is 76.2 Å². The van der Waals surface area contributed by atoms with Crippen molar-refractivity contribution in [3.05, 3.63) is 88.0 Å². The van der Waals surface area contributed by atoms with Crippen LogP contribution in [0.25, 0.3) is 0 Å². The van der Waals surface area contributed by atoms with Crippen molar-refractivity contribution >= 4 is 43.5 Å². The Balaban J connectivity index is 1.92. The third-order valence-corrected chi connectivity index (χ3v) is 10.5. The number of aryl methyl sites for hydroxylation is 2. The molecule has 2 aliphatic rings. The molecule has 0 fully saturated rings. The number of fused-ring (bicyclic) bond motifs is 1. The van der Waals surface area contributed by atoms with E-state index in [0.29, 0.717) is 12.1 Å². The van der Waals surface area contributed by atoms with Crippen LogP contribution in [0, 0.1) is 19.8 Å². The van der Waals surface area contributed by atoms with Crippen LogP contribution < -0.4 is 0 Å². The van der Waals surface area contributed by atoms with E-state index >= 15 is 0 Å². The molecule has 0 saturated heterocycles. The summed E-state index contributed by atoms with van der Waals surface area (Å²) in [5.41, 5.74) is 2.75. The molecule has 2 aromatic rings. The highest BCUT2D eigenvalue weighted by molar-refractivity contribution is 9.09. The summed E-state index contributed by atoms with van der Waals surface area (Å²) in [5.74, 6) is 0.672. The van der Waals surface area contributed by atoms with Crippen LogP contribution in [0.2, 0.25) is 0 Å². The highest BCUT2D eigenvalue weighted by atomic mass is 79.9. The van der Waals surface area contributed by atoms with Crippen LogP contribution in [0.4, 0.5) is 0 Å². The Morgan fingerprint density at radius 3 is 2.24 bits per heavy atom. The fourth-order valence-electron chi connectivity index (χ4n) is 4.91. The van der Waals surface area contributed by atoms with Crippen molar-refractivity contribution in [3.63, 3.8) is 0 Å². The minimum atomic E-state index is -3.89. The number of benzene rings is 2. The van der Waals surface area contributed by atoms with E-state index in [4.69, 9.17) is 0 Å². The first-order valence-corrected chi connectivity index (χ1v) is 15.1. The van der Waals surface area contributed by atoms with Gasteiger partial charge >= 0.3 is 0 Å². The lowest BCUT2D eigenvalue weighted by atomic mass is 9.73. The average Bonchev–Trinajstić information content (AvgIpc) is 3.06. The largest absolute Gasteiger partial charge is 0.295 e. The quantitative estimate of drug-likeness (QED) is 0.274. The van der Waals surface area contributed by atoms with E-state index in [-0.39, 0.29) is 16.6 Å². The Labute approximate surface area is 215 Å². The first-order valence-electron chi connectivity index (χ1n) is 11.5. The van der Waals surface area contributed by atoms with Gasteiger partial charge in [-0.3, -0.25) is 9.10 Å². The zero-order valence-corrected chi connectivity index (χ0v) is 23.0. The Hall–Kier alpha value is -1.83. The number of carbonyl (C=O) groups excluding carboxylic acids is 1. The molecule has 0 N–H and O–H groups in total. The molecule has 0 amide bonds. The van der Waals surface area contributed by atoms with Gasteiger partial charge in [-0.15, -0.1) is 11.8 Å². The molecule has 0 saturated carbocycles. The number of thioether (sulfide) groups is 1. The molecule has 1 aliphatic carbocycles. The number of sulfonamides is 1. The van der Waals surface area contributed by atoms with Crippen molar-refractivity contribution in [3.8, 4) is 0 Å². The first-order chi connectivity index (χ1) is 16.2. The van der Waals surface area contributed by atoms with Crippen molar-refractivity contribution < 1.29 is 13.2 Å². The maximum atomic E-state index is 14.2. The minimum Gasteiger partial charge on any atom is -0.295 e. The Morgan fingerprint density at radius 1 is 1.00 bits per heavy atom. The molecular weight excluding hydrogens is 530 g/mol. The molecule has 0 aromatic heterocycles. The number of allylic oxidation sites excluding steroid dienone is 2. The predicted octanol–water partition coefficient (Wildman–Crippen LogP) is 6.49. The molecule has 0 spiro atoms. The predicted molar refractivity (Wildman–Crippen MR) is 144 cm³/mol. The molecule has 1 heterocycles. The fourth-order valence-corrected chi connectivity index (χ4v) is 8.53. The first kappa shape index (κ1) is 25.3. The maximum Gasteiger partial charge on any atom is 0.265 e. The maximum absolute atomic E-state index is 14.2. The van der Waals surface area contributed by atoms with Gasteiger partial charge in [-0.1, -0.05) is 63.5 Å². The van der Waals surface area contributed by atoms with Crippen LogP contribution >= 0.6 is 27.7 Å². The third-order valence-electron chi connectivity index (χ3n) is 6.63. The van der Waals surface area contributed by atoms with E-state index in [1.54, 1.807) is 34.3 Å². The number of hydrogen-bond donors (Lipinski definition) is 0. The number of rotatable bonds is 8. The van der Waals surface area contributed by atoms with Crippen LogP contribution in [0.3, 0.4) is 0 Å². The lowest BCUT2D eigenvalue weighted by Crippen LogP contribution is -2.49. The van der Waals surface area contributed by atoms with Gasteiger partial charge in [0.2, 0.25) is 0 Å². The summed E-state index contributed by atoms with van der Waals surface area (Å²) >= 11 is 5.19. The molecule has 4 rings (SSSR count). The van der Waals surface area contributed by atoms with Crippen LogP contribution in [0.5, 0.6) is 0 Å². The number of unbranched alkanes of at least 4 members (excludes halogenated alkanes) is 1. The standard InChI is InChI=1S/C27H30BrNO3S2/c1-19-6-10-22(11-7-19)27-15-14-23(30)18-25(27)26(33-17-5-4-16-28)21(3)29(27)34(31,32)24-12-8-20(2)9-13-24/h6-15,25H,4-5,16-18H2,1-3H3/t25-,27+/m0/s1. The van der Waals surface area contributed by atoms with Gasteiger partial charge in [0, 0.05) is 28.3 Å². The van der Waals surface area contributed by atoms with Crippen LogP contribution in [-0.2, 0) is 20.4 Å². The molecule has 7 heteroatoms. The van der Waals surface area contributed by atoms with Gasteiger partial charge in [0.15, 0.2) is 5.78 Å². The normalized spacial score (nSPS) is 22.4. The SMILES string of the molecule is CC1=C(SCCCCBr)[C@@H]2CC(=O)C=C[C@]2(c2ccc(C)cc2)N1S(=O)(=O)c1ccc(C)cc1. The van der Waals surface area contributed by atoms with E-state index in [1.165, 1.54) is 0 Å². The Morgan fingerprint density at radius 2 is 1.62 bits per heavy atom. The number of ketones is 1. The molecule has 2 aromatic carbocycles. The Kier molecular flexibility index (Phi) is 7.46. The number of nitrogens with zero attached hydrogens (tertiary/aromatic N) is 1. The van der Waals surface area contributed by atoms with E-state index in [2.05, 4.69) is 15.9 Å². The van der Waals surface area contributed by atoms with Gasteiger partial charge < -0.3 is 0 Å². The highest BCUT2D eigenvalue weighted by Gasteiger charge is 2.57. The third kappa shape index (κ3) is 4.42. The van der Waals surface area contributed by atoms with Gasteiger partial charge in [-0.25, -0.2) is 8.42 Å². The van der Waals surface area contributed by atoms with Crippen molar-refractivity contribution in [2.75, 3.05) is 11.1 Å². The number of alkyl halides is 1. The second-order valence-electron chi connectivity index (χ2n) is 9.02. The molecule has 2 atom stereocenters. The van der Waals surface area contributed by atoms with Gasteiger partial charge in [0.25, 0.3) is 10.0 Å². The molecule has 180 valence electrons. The second kappa shape index (κ2) is 10.0. The van der Waals surface area contributed by atoms with E-state index < -0.39 is 15.6 Å². The Bertz CT molecular complexity index is 1230. The number of hydrogen-bond acceptors (Lipinski definition) is 4. The molecular formula is C27H30BrNO3S2. The van der Waals surface area contributed by atoms with Crippen LogP contribution in [0.1, 0.15) is 42.9 Å².